The van der Waals surface area contributed by atoms with Gasteiger partial charge in [0.15, 0.2) is 0 Å². The van der Waals surface area contributed by atoms with Gasteiger partial charge < -0.3 is 9.88 Å². The van der Waals surface area contributed by atoms with Gasteiger partial charge in [0, 0.05) is 31.4 Å². The SMILES string of the molecule is CC(Cn1ccnc1)NCCCCC#N. The molecule has 0 amide bonds. The van der Waals surface area contributed by atoms with Gasteiger partial charge in [0.2, 0.25) is 0 Å². The van der Waals surface area contributed by atoms with Gasteiger partial charge in [0.05, 0.1) is 12.4 Å². The average Bonchev–Trinajstić information content (AvgIpc) is 2.70. The molecule has 0 fully saturated rings. The van der Waals surface area contributed by atoms with E-state index < -0.39 is 0 Å². The predicted octanol–water partition coefficient (Wildman–Crippen LogP) is 1.56. The van der Waals surface area contributed by atoms with E-state index in [1.54, 1.807) is 6.20 Å². The van der Waals surface area contributed by atoms with Crippen LogP contribution in [0.1, 0.15) is 26.2 Å². The summed E-state index contributed by atoms with van der Waals surface area (Å²) in [5, 5.41) is 11.8. The first-order valence-corrected chi connectivity index (χ1v) is 5.39. The molecular formula is C11H18N4. The van der Waals surface area contributed by atoms with Crippen LogP contribution in [-0.4, -0.2) is 22.1 Å². The van der Waals surface area contributed by atoms with Crippen molar-refractivity contribution < 1.29 is 0 Å². The molecular weight excluding hydrogens is 188 g/mol. The van der Waals surface area contributed by atoms with Crippen molar-refractivity contribution >= 4 is 0 Å². The van der Waals surface area contributed by atoms with Gasteiger partial charge in [-0.3, -0.25) is 0 Å². The lowest BCUT2D eigenvalue weighted by atomic mass is 10.2. The summed E-state index contributed by atoms with van der Waals surface area (Å²) < 4.78 is 2.06. The second-order valence-electron chi connectivity index (χ2n) is 3.73. The zero-order valence-electron chi connectivity index (χ0n) is 9.19. The van der Waals surface area contributed by atoms with E-state index in [0.717, 1.165) is 25.9 Å². The minimum atomic E-state index is 0.446. The molecule has 0 aromatic carbocycles. The monoisotopic (exact) mass is 206 g/mol. The van der Waals surface area contributed by atoms with Gasteiger partial charge >= 0.3 is 0 Å². The number of aromatic nitrogens is 2. The third-order valence-electron chi connectivity index (χ3n) is 2.25. The molecule has 4 heteroatoms. The Kier molecular flexibility index (Phi) is 5.49. The highest BCUT2D eigenvalue weighted by Crippen LogP contribution is 1.95. The number of unbranched alkanes of at least 4 members (excludes halogenated alkanes) is 2. The second kappa shape index (κ2) is 7.02. The smallest absolute Gasteiger partial charge is 0.0946 e. The fourth-order valence-corrected chi connectivity index (χ4v) is 1.45. The molecule has 0 radical (unpaired) electrons. The highest BCUT2D eigenvalue weighted by Gasteiger charge is 2.00. The first-order chi connectivity index (χ1) is 7.33. The van der Waals surface area contributed by atoms with Crippen molar-refractivity contribution in [2.45, 2.75) is 38.8 Å². The van der Waals surface area contributed by atoms with Gasteiger partial charge in [-0.15, -0.1) is 0 Å². The largest absolute Gasteiger partial charge is 0.336 e. The van der Waals surface area contributed by atoms with Crippen molar-refractivity contribution in [2.24, 2.45) is 0 Å². The number of nitrogens with one attached hydrogen (secondary N) is 1. The molecule has 1 unspecified atom stereocenters. The minimum absolute atomic E-state index is 0.446. The van der Waals surface area contributed by atoms with Crippen molar-refractivity contribution in [1.82, 2.24) is 14.9 Å². The Labute approximate surface area is 90.9 Å². The van der Waals surface area contributed by atoms with Crippen molar-refractivity contribution in [3.8, 4) is 6.07 Å². The maximum atomic E-state index is 8.37. The van der Waals surface area contributed by atoms with E-state index >= 15 is 0 Å². The van der Waals surface area contributed by atoms with Crippen LogP contribution in [0.5, 0.6) is 0 Å². The van der Waals surface area contributed by atoms with Crippen molar-refractivity contribution in [3.63, 3.8) is 0 Å². The first kappa shape index (κ1) is 11.7. The summed E-state index contributed by atoms with van der Waals surface area (Å²) in [6.07, 6.45) is 8.31. The summed E-state index contributed by atoms with van der Waals surface area (Å²) in [7, 11) is 0. The Bertz CT molecular complexity index is 286. The van der Waals surface area contributed by atoms with Crippen LogP contribution in [-0.2, 0) is 6.54 Å². The van der Waals surface area contributed by atoms with Crippen LogP contribution in [0.15, 0.2) is 18.7 Å². The molecule has 0 saturated carbocycles. The molecule has 0 spiro atoms. The van der Waals surface area contributed by atoms with Crippen molar-refractivity contribution in [1.29, 1.82) is 5.26 Å². The number of nitrogens with zero attached hydrogens (tertiary/aromatic N) is 3. The molecule has 1 aromatic rings. The third kappa shape index (κ3) is 5.18. The fraction of sp³-hybridized carbons (Fsp3) is 0.636. The second-order valence-corrected chi connectivity index (χ2v) is 3.73. The zero-order chi connectivity index (χ0) is 10.9. The van der Waals surface area contributed by atoms with Gasteiger partial charge in [-0.25, -0.2) is 4.98 Å². The maximum Gasteiger partial charge on any atom is 0.0946 e. The van der Waals surface area contributed by atoms with Crippen molar-refractivity contribution in [2.75, 3.05) is 6.54 Å². The number of imidazole rings is 1. The Morgan fingerprint density at radius 2 is 2.40 bits per heavy atom. The highest BCUT2D eigenvalue weighted by atomic mass is 15.1. The number of nitriles is 1. The molecule has 1 atom stereocenters. The van der Waals surface area contributed by atoms with Crippen LogP contribution in [0.25, 0.3) is 0 Å². The van der Waals surface area contributed by atoms with Crippen LogP contribution in [0.3, 0.4) is 0 Å². The Morgan fingerprint density at radius 1 is 1.53 bits per heavy atom. The number of hydrogen-bond acceptors (Lipinski definition) is 3. The topological polar surface area (TPSA) is 53.6 Å². The molecule has 0 bridgehead atoms. The molecule has 1 heterocycles. The summed E-state index contributed by atoms with van der Waals surface area (Å²) in [5.74, 6) is 0. The normalized spacial score (nSPS) is 12.3. The van der Waals surface area contributed by atoms with E-state index in [1.807, 2.05) is 12.5 Å². The van der Waals surface area contributed by atoms with Crippen LogP contribution < -0.4 is 5.32 Å². The quantitative estimate of drug-likeness (QED) is 0.689. The van der Waals surface area contributed by atoms with Crippen molar-refractivity contribution in [3.05, 3.63) is 18.7 Å². The minimum Gasteiger partial charge on any atom is -0.336 e. The lowest BCUT2D eigenvalue weighted by molar-refractivity contribution is 0.468. The number of rotatable bonds is 7. The van der Waals surface area contributed by atoms with Gasteiger partial charge in [0.1, 0.15) is 0 Å². The maximum absolute atomic E-state index is 8.37. The van der Waals surface area contributed by atoms with Gasteiger partial charge in [0.25, 0.3) is 0 Å². The zero-order valence-corrected chi connectivity index (χ0v) is 9.19. The summed E-state index contributed by atoms with van der Waals surface area (Å²) in [6, 6.07) is 2.60. The van der Waals surface area contributed by atoms with E-state index in [1.165, 1.54) is 0 Å². The first-order valence-electron chi connectivity index (χ1n) is 5.39. The molecule has 0 aliphatic carbocycles. The van der Waals surface area contributed by atoms with Crippen LogP contribution in [0.2, 0.25) is 0 Å². The summed E-state index contributed by atoms with van der Waals surface area (Å²) in [5.41, 5.74) is 0. The third-order valence-corrected chi connectivity index (χ3v) is 2.25. The molecule has 15 heavy (non-hydrogen) atoms. The number of hydrogen-bond donors (Lipinski definition) is 1. The van der Waals surface area contributed by atoms with E-state index in [4.69, 9.17) is 5.26 Å². The Balaban J connectivity index is 2.04. The lowest BCUT2D eigenvalue weighted by Crippen LogP contribution is -2.30. The Hall–Kier alpha value is -1.34. The van der Waals surface area contributed by atoms with E-state index in [-0.39, 0.29) is 0 Å². The van der Waals surface area contributed by atoms with Crippen LogP contribution in [0.4, 0.5) is 0 Å². The van der Waals surface area contributed by atoms with Crippen LogP contribution in [0, 0.1) is 11.3 Å². The molecule has 0 aliphatic heterocycles. The highest BCUT2D eigenvalue weighted by molar-refractivity contribution is 4.76. The fourth-order valence-electron chi connectivity index (χ4n) is 1.45. The molecule has 4 nitrogen and oxygen atoms in total. The standard InChI is InChI=1S/C11H18N4/c1-11(9-15-8-7-13-10-15)14-6-4-2-3-5-12/h7-8,10-11,14H,2-4,6,9H2,1H3. The van der Waals surface area contributed by atoms with Gasteiger partial charge in [-0.2, -0.15) is 5.26 Å². The average molecular weight is 206 g/mol. The Morgan fingerprint density at radius 3 is 3.07 bits per heavy atom. The molecule has 1 rings (SSSR count). The molecule has 82 valence electrons. The van der Waals surface area contributed by atoms with E-state index in [0.29, 0.717) is 12.5 Å². The molecule has 1 N–H and O–H groups in total. The van der Waals surface area contributed by atoms with Crippen LogP contribution >= 0.6 is 0 Å². The molecule has 0 aliphatic rings. The summed E-state index contributed by atoms with van der Waals surface area (Å²) in [4.78, 5) is 4.00. The van der Waals surface area contributed by atoms with Gasteiger partial charge in [-0.05, 0) is 26.3 Å². The molecule has 0 saturated heterocycles. The van der Waals surface area contributed by atoms with E-state index in [9.17, 15) is 0 Å². The molecule has 1 aromatic heterocycles. The predicted molar refractivity (Wildman–Crippen MR) is 59.2 cm³/mol. The lowest BCUT2D eigenvalue weighted by Gasteiger charge is -2.13. The summed E-state index contributed by atoms with van der Waals surface area (Å²) in [6.45, 7) is 4.08. The van der Waals surface area contributed by atoms with Gasteiger partial charge in [-0.1, -0.05) is 0 Å². The summed E-state index contributed by atoms with van der Waals surface area (Å²) >= 11 is 0. The van der Waals surface area contributed by atoms with E-state index in [2.05, 4.69) is 27.9 Å².